The number of hydrogen-bond donors (Lipinski definition) is 2. The molecule has 26 heavy (non-hydrogen) atoms. The van der Waals surface area contributed by atoms with Crippen molar-refractivity contribution in [2.24, 2.45) is 0 Å². The molecular weight excluding hydrogens is 343 g/mol. The Balaban J connectivity index is 1.88. The lowest BCUT2D eigenvalue weighted by molar-refractivity contribution is -0.114. The maximum atomic E-state index is 13.4. The number of nitrogens with zero attached hydrogens (tertiary/aromatic N) is 1. The minimum atomic E-state index is -0.909. The van der Waals surface area contributed by atoms with Crippen LogP contribution in [0.25, 0.3) is 6.08 Å². The molecule has 0 unspecified atom stereocenters. The van der Waals surface area contributed by atoms with E-state index in [-0.39, 0.29) is 22.9 Å². The van der Waals surface area contributed by atoms with Crippen molar-refractivity contribution < 1.29 is 28.6 Å². The SMILES string of the molecule is CNC(=O)c1ccc(N2C(=O)OC(=Cc3ccc(O)c(F)c3)C2=O)cc1. The molecule has 0 aliphatic carbocycles. The maximum Gasteiger partial charge on any atom is 0.427 e. The van der Waals surface area contributed by atoms with Crippen LogP contribution in [-0.4, -0.2) is 30.1 Å². The van der Waals surface area contributed by atoms with Gasteiger partial charge in [-0.15, -0.1) is 0 Å². The van der Waals surface area contributed by atoms with Gasteiger partial charge < -0.3 is 15.2 Å². The monoisotopic (exact) mass is 356 g/mol. The standard InChI is InChI=1S/C18H13FN2O5/c1-20-16(23)11-3-5-12(6-4-11)21-17(24)15(26-18(21)25)9-10-2-7-14(22)13(19)8-10/h2-9,22H,1H3,(H,20,23). The summed E-state index contributed by atoms with van der Waals surface area (Å²) >= 11 is 0. The number of carbonyl (C=O) groups excluding carboxylic acids is 3. The summed E-state index contributed by atoms with van der Waals surface area (Å²) in [6.07, 6.45) is 0.287. The number of aromatic hydroxyl groups is 1. The predicted octanol–water partition coefficient (Wildman–Crippen LogP) is 2.42. The van der Waals surface area contributed by atoms with Crippen LogP contribution >= 0.6 is 0 Å². The Morgan fingerprint density at radius 3 is 2.50 bits per heavy atom. The minimum absolute atomic E-state index is 0.230. The topological polar surface area (TPSA) is 95.9 Å². The molecule has 3 rings (SSSR count). The van der Waals surface area contributed by atoms with E-state index in [0.29, 0.717) is 5.56 Å². The summed E-state index contributed by atoms with van der Waals surface area (Å²) in [5.41, 5.74) is 0.841. The van der Waals surface area contributed by atoms with E-state index in [9.17, 15) is 23.9 Å². The van der Waals surface area contributed by atoms with E-state index in [0.717, 1.165) is 17.0 Å². The zero-order valence-corrected chi connectivity index (χ0v) is 13.5. The summed E-state index contributed by atoms with van der Waals surface area (Å²) in [5, 5.41) is 11.6. The number of nitrogens with one attached hydrogen (secondary N) is 1. The molecule has 0 atom stereocenters. The number of phenolic OH excluding ortho intramolecular Hbond substituents is 1. The number of anilines is 1. The second-order valence-corrected chi connectivity index (χ2v) is 5.35. The molecule has 2 aromatic rings. The van der Waals surface area contributed by atoms with Crippen LogP contribution in [0.1, 0.15) is 15.9 Å². The number of phenols is 1. The average Bonchev–Trinajstić information content (AvgIpc) is 2.91. The van der Waals surface area contributed by atoms with Crippen molar-refractivity contribution in [3.05, 3.63) is 65.2 Å². The van der Waals surface area contributed by atoms with Gasteiger partial charge in [0.25, 0.3) is 5.91 Å². The van der Waals surface area contributed by atoms with Crippen molar-refractivity contribution in [1.29, 1.82) is 0 Å². The molecule has 0 bridgehead atoms. The highest BCUT2D eigenvalue weighted by Gasteiger charge is 2.37. The molecule has 0 aromatic heterocycles. The lowest BCUT2D eigenvalue weighted by atomic mass is 10.1. The lowest BCUT2D eigenvalue weighted by Gasteiger charge is -2.10. The second kappa shape index (κ2) is 6.67. The van der Waals surface area contributed by atoms with Crippen LogP contribution in [0.4, 0.5) is 14.9 Å². The molecule has 1 fully saturated rings. The number of benzene rings is 2. The highest BCUT2D eigenvalue weighted by atomic mass is 19.1. The Labute approximate surface area is 147 Å². The molecule has 8 heteroatoms. The van der Waals surface area contributed by atoms with E-state index in [1.807, 2.05) is 0 Å². The molecule has 3 amide bonds. The van der Waals surface area contributed by atoms with Crippen molar-refractivity contribution in [3.8, 4) is 5.75 Å². The lowest BCUT2D eigenvalue weighted by Crippen LogP contribution is -2.28. The van der Waals surface area contributed by atoms with Gasteiger partial charge in [-0.05, 0) is 48.0 Å². The fraction of sp³-hybridized carbons (Fsp3) is 0.0556. The van der Waals surface area contributed by atoms with Gasteiger partial charge in [-0.2, -0.15) is 0 Å². The molecule has 132 valence electrons. The largest absolute Gasteiger partial charge is 0.505 e. The molecule has 1 aliphatic rings. The summed E-state index contributed by atoms with van der Waals surface area (Å²) < 4.78 is 18.3. The van der Waals surface area contributed by atoms with E-state index in [1.165, 1.54) is 43.5 Å². The van der Waals surface area contributed by atoms with Crippen LogP contribution in [-0.2, 0) is 9.53 Å². The van der Waals surface area contributed by atoms with Crippen LogP contribution in [0.15, 0.2) is 48.2 Å². The highest BCUT2D eigenvalue weighted by molar-refractivity contribution is 6.24. The Kier molecular flexibility index (Phi) is 4.40. The smallest absolute Gasteiger partial charge is 0.427 e. The van der Waals surface area contributed by atoms with E-state index in [1.54, 1.807) is 0 Å². The number of imide groups is 1. The van der Waals surface area contributed by atoms with Crippen molar-refractivity contribution >= 4 is 29.7 Å². The third-order valence-corrected chi connectivity index (χ3v) is 3.68. The summed E-state index contributed by atoms with van der Waals surface area (Å²) in [6.45, 7) is 0. The zero-order valence-electron chi connectivity index (χ0n) is 13.5. The van der Waals surface area contributed by atoms with Gasteiger partial charge in [0.15, 0.2) is 17.3 Å². The first-order chi connectivity index (χ1) is 12.4. The van der Waals surface area contributed by atoms with Gasteiger partial charge in [0.1, 0.15) is 0 Å². The number of cyclic esters (lactones) is 1. The summed E-state index contributed by atoms with van der Waals surface area (Å²) in [5.74, 6) is -2.70. The predicted molar refractivity (Wildman–Crippen MR) is 89.8 cm³/mol. The van der Waals surface area contributed by atoms with Gasteiger partial charge in [-0.25, -0.2) is 14.1 Å². The van der Waals surface area contributed by atoms with Gasteiger partial charge in [0.2, 0.25) is 0 Å². The van der Waals surface area contributed by atoms with Gasteiger partial charge in [-0.1, -0.05) is 6.07 Å². The zero-order chi connectivity index (χ0) is 18.8. The van der Waals surface area contributed by atoms with Gasteiger partial charge in [0, 0.05) is 12.6 Å². The van der Waals surface area contributed by atoms with E-state index >= 15 is 0 Å². The molecule has 1 saturated heterocycles. The molecule has 1 heterocycles. The molecular formula is C18H13FN2O5. The number of amides is 3. The fourth-order valence-electron chi connectivity index (χ4n) is 2.36. The van der Waals surface area contributed by atoms with Crippen LogP contribution in [0.3, 0.4) is 0 Å². The molecule has 0 radical (unpaired) electrons. The van der Waals surface area contributed by atoms with Crippen molar-refractivity contribution in [2.75, 3.05) is 11.9 Å². The number of carbonyl (C=O) groups is 3. The third kappa shape index (κ3) is 3.12. The van der Waals surface area contributed by atoms with Gasteiger partial charge in [0.05, 0.1) is 5.69 Å². The Hall–Kier alpha value is -3.68. The minimum Gasteiger partial charge on any atom is -0.505 e. The number of hydrogen-bond acceptors (Lipinski definition) is 5. The van der Waals surface area contributed by atoms with Crippen molar-refractivity contribution in [2.45, 2.75) is 0 Å². The fourth-order valence-corrected chi connectivity index (χ4v) is 2.36. The average molecular weight is 356 g/mol. The van der Waals surface area contributed by atoms with E-state index in [2.05, 4.69) is 5.32 Å². The number of rotatable bonds is 3. The quantitative estimate of drug-likeness (QED) is 0.824. The summed E-state index contributed by atoms with van der Waals surface area (Å²) in [4.78, 5) is 36.8. The second-order valence-electron chi connectivity index (χ2n) is 5.35. The molecule has 7 nitrogen and oxygen atoms in total. The van der Waals surface area contributed by atoms with Crippen molar-refractivity contribution in [1.82, 2.24) is 5.32 Å². The highest BCUT2D eigenvalue weighted by Crippen LogP contribution is 2.27. The Morgan fingerprint density at radius 1 is 1.19 bits per heavy atom. The summed E-state index contributed by atoms with van der Waals surface area (Å²) in [7, 11) is 1.49. The molecule has 2 N–H and O–H groups in total. The van der Waals surface area contributed by atoms with Crippen molar-refractivity contribution in [3.63, 3.8) is 0 Å². The number of ether oxygens (including phenoxy) is 1. The first kappa shape index (κ1) is 17.2. The Morgan fingerprint density at radius 2 is 1.88 bits per heavy atom. The van der Waals surface area contributed by atoms with Gasteiger partial charge >= 0.3 is 12.0 Å². The van der Waals surface area contributed by atoms with Crippen LogP contribution in [0, 0.1) is 5.82 Å². The molecule has 2 aromatic carbocycles. The maximum absolute atomic E-state index is 13.4. The first-order valence-corrected chi connectivity index (χ1v) is 7.49. The van der Waals surface area contributed by atoms with Crippen LogP contribution in [0.5, 0.6) is 5.75 Å². The van der Waals surface area contributed by atoms with E-state index in [4.69, 9.17) is 4.74 Å². The summed E-state index contributed by atoms with van der Waals surface area (Å²) in [6, 6.07) is 9.30. The number of halogens is 1. The first-order valence-electron chi connectivity index (χ1n) is 7.49. The Bertz CT molecular complexity index is 937. The normalized spacial score (nSPS) is 15.3. The van der Waals surface area contributed by atoms with Crippen LogP contribution in [0.2, 0.25) is 0 Å². The molecule has 0 spiro atoms. The molecule has 1 aliphatic heterocycles. The third-order valence-electron chi connectivity index (χ3n) is 3.68. The molecule has 0 saturated carbocycles. The van der Waals surface area contributed by atoms with E-state index < -0.39 is 23.6 Å². The van der Waals surface area contributed by atoms with Crippen LogP contribution < -0.4 is 10.2 Å². The van der Waals surface area contributed by atoms with Gasteiger partial charge in [-0.3, -0.25) is 9.59 Å².